The van der Waals surface area contributed by atoms with Crippen LogP contribution in [0.3, 0.4) is 0 Å². The minimum absolute atomic E-state index is 0.150. The molecule has 1 aromatic rings. The van der Waals surface area contributed by atoms with Gasteiger partial charge in [0.15, 0.2) is 5.79 Å². The topological polar surface area (TPSA) is 90.9 Å². The van der Waals surface area contributed by atoms with Crippen molar-refractivity contribution in [3.63, 3.8) is 0 Å². The predicted octanol–water partition coefficient (Wildman–Crippen LogP) is 2.51. The molecule has 1 saturated carbocycles. The largest absolute Gasteiger partial charge is 0.465 e. The van der Waals surface area contributed by atoms with Crippen molar-refractivity contribution in [2.75, 3.05) is 11.9 Å². The summed E-state index contributed by atoms with van der Waals surface area (Å²) in [6.07, 6.45) is -0.475. The number of fused-ring (bicyclic) bond motifs is 1. The lowest BCUT2D eigenvalue weighted by atomic mass is 9.98. The van der Waals surface area contributed by atoms with Gasteiger partial charge in [0.1, 0.15) is 6.10 Å². The molecule has 0 unspecified atom stereocenters. The van der Waals surface area contributed by atoms with Crippen molar-refractivity contribution in [2.24, 2.45) is 5.92 Å². The van der Waals surface area contributed by atoms with E-state index in [-0.39, 0.29) is 29.5 Å². The molecule has 7 nitrogen and oxygen atoms in total. The zero-order chi connectivity index (χ0) is 20.7. The van der Waals surface area contributed by atoms with Crippen molar-refractivity contribution >= 4 is 31.9 Å². The summed E-state index contributed by atoms with van der Waals surface area (Å²) >= 11 is 3.48. The van der Waals surface area contributed by atoms with Gasteiger partial charge < -0.3 is 14.2 Å². The Kier molecular flexibility index (Phi) is 5.95. The van der Waals surface area contributed by atoms with Crippen molar-refractivity contribution < 1.29 is 27.4 Å². The highest BCUT2D eigenvalue weighted by Crippen LogP contribution is 2.48. The van der Waals surface area contributed by atoms with Gasteiger partial charge >= 0.3 is 5.97 Å². The molecule has 3 rings (SSSR count). The summed E-state index contributed by atoms with van der Waals surface area (Å²) in [6.45, 7) is 6.98. The smallest absolute Gasteiger partial charge is 0.302 e. The number of sulfonamides is 1. The van der Waals surface area contributed by atoms with E-state index in [9.17, 15) is 13.2 Å². The van der Waals surface area contributed by atoms with E-state index in [1.807, 2.05) is 6.92 Å². The van der Waals surface area contributed by atoms with Crippen LogP contribution in [-0.2, 0) is 29.0 Å². The van der Waals surface area contributed by atoms with Crippen LogP contribution in [0.4, 0.5) is 0 Å². The van der Waals surface area contributed by atoms with Gasteiger partial charge in [0.25, 0.3) is 0 Å². The zero-order valence-electron chi connectivity index (χ0n) is 16.4. The van der Waals surface area contributed by atoms with Crippen molar-refractivity contribution in [2.45, 2.75) is 62.5 Å². The van der Waals surface area contributed by atoms with Crippen LogP contribution in [-0.4, -0.2) is 49.9 Å². The molecular weight excluding hydrogens is 450 g/mol. The van der Waals surface area contributed by atoms with Gasteiger partial charge in [-0.1, -0.05) is 33.6 Å². The Morgan fingerprint density at radius 3 is 2.50 bits per heavy atom. The van der Waals surface area contributed by atoms with Crippen molar-refractivity contribution in [3.05, 3.63) is 29.8 Å². The third-order valence-corrected chi connectivity index (χ3v) is 7.74. The number of carbonyl (C=O) groups excluding carboxylic acids is 1. The fourth-order valence-corrected chi connectivity index (χ4v) is 6.23. The molecule has 28 heavy (non-hydrogen) atoms. The second-order valence-electron chi connectivity index (χ2n) is 8.00. The number of hydrogen-bond acceptors (Lipinski definition) is 6. The first-order chi connectivity index (χ1) is 13.0. The quantitative estimate of drug-likeness (QED) is 0.501. The first-order valence-electron chi connectivity index (χ1n) is 9.14. The highest BCUT2D eigenvalue weighted by atomic mass is 79.9. The fourth-order valence-electron chi connectivity index (χ4n) is 3.94. The highest BCUT2D eigenvalue weighted by molar-refractivity contribution is 9.09. The van der Waals surface area contributed by atoms with E-state index in [1.165, 1.54) is 6.92 Å². The van der Waals surface area contributed by atoms with E-state index in [0.29, 0.717) is 11.8 Å². The Bertz CT molecular complexity index is 840. The molecule has 2 aliphatic rings. The highest BCUT2D eigenvalue weighted by Gasteiger charge is 2.62. The average Bonchev–Trinajstić information content (AvgIpc) is 3.06. The van der Waals surface area contributed by atoms with Gasteiger partial charge in [-0.15, -0.1) is 0 Å². The molecule has 0 radical (unpaired) electrons. The van der Waals surface area contributed by atoms with E-state index in [1.54, 1.807) is 38.1 Å². The number of nitrogens with one attached hydrogen (secondary N) is 1. The van der Waals surface area contributed by atoms with Gasteiger partial charge in [0.05, 0.1) is 23.1 Å². The maximum Gasteiger partial charge on any atom is 0.302 e. The predicted molar refractivity (Wildman–Crippen MR) is 107 cm³/mol. The van der Waals surface area contributed by atoms with Gasteiger partial charge in [-0.3, -0.25) is 4.79 Å². The summed E-state index contributed by atoms with van der Waals surface area (Å²) in [6, 6.07) is 6.68. The number of esters is 1. The summed E-state index contributed by atoms with van der Waals surface area (Å²) < 4.78 is 46.3. The Balaban J connectivity index is 1.91. The molecule has 9 heteroatoms. The normalized spacial score (nSPS) is 31.5. The Labute approximate surface area is 174 Å². The SMILES string of the molecule is CC(=O)OC[C@H]1C[C@@](CBr)(NS(=O)(=O)c2ccc(C)cc2)[C@@H]2OC(C)(C)O[C@H]12. The van der Waals surface area contributed by atoms with E-state index in [2.05, 4.69) is 20.7 Å². The first-order valence-corrected chi connectivity index (χ1v) is 11.7. The van der Waals surface area contributed by atoms with Crippen molar-refractivity contribution in [1.29, 1.82) is 0 Å². The van der Waals surface area contributed by atoms with E-state index in [4.69, 9.17) is 14.2 Å². The third-order valence-electron chi connectivity index (χ3n) is 5.17. The van der Waals surface area contributed by atoms with Crippen molar-refractivity contribution in [1.82, 2.24) is 4.72 Å². The van der Waals surface area contributed by atoms with Crippen LogP contribution in [0.2, 0.25) is 0 Å². The minimum Gasteiger partial charge on any atom is -0.465 e. The van der Waals surface area contributed by atoms with Crippen molar-refractivity contribution in [3.8, 4) is 0 Å². The summed E-state index contributed by atoms with van der Waals surface area (Å²) in [5, 5.41) is 0.336. The molecule has 4 atom stereocenters. The summed E-state index contributed by atoms with van der Waals surface area (Å²) in [4.78, 5) is 11.5. The molecule has 2 fully saturated rings. The van der Waals surface area contributed by atoms with Crippen LogP contribution in [0.15, 0.2) is 29.2 Å². The molecule has 1 aliphatic heterocycles. The van der Waals surface area contributed by atoms with Gasteiger partial charge in [-0.25, -0.2) is 13.1 Å². The number of halogens is 1. The standard InChI is InChI=1S/C19H26BrNO6S/c1-12-5-7-15(8-6-12)28(23,24)21-19(11-20)9-14(10-25-13(2)22)16-17(19)27-18(3,4)26-16/h5-8,14,16-17,21H,9-11H2,1-4H3/t14-,16-,17-,19+/m1/s1. The maximum absolute atomic E-state index is 13.1. The summed E-state index contributed by atoms with van der Waals surface area (Å²) in [5.41, 5.74) is 0.0540. The molecule has 0 amide bonds. The molecule has 0 bridgehead atoms. The molecule has 1 N–H and O–H groups in total. The molecular formula is C19H26BrNO6S. The molecule has 1 aliphatic carbocycles. The van der Waals surface area contributed by atoms with E-state index in [0.717, 1.165) is 5.56 Å². The summed E-state index contributed by atoms with van der Waals surface area (Å²) in [5.74, 6) is -1.42. The van der Waals surface area contributed by atoms with Crippen LogP contribution in [0, 0.1) is 12.8 Å². The number of hydrogen-bond donors (Lipinski definition) is 1. The second-order valence-corrected chi connectivity index (χ2v) is 10.2. The van der Waals surface area contributed by atoms with Gasteiger partial charge in [0, 0.05) is 18.2 Å². The van der Waals surface area contributed by atoms with E-state index < -0.39 is 27.5 Å². The number of carbonyl (C=O) groups is 1. The lowest BCUT2D eigenvalue weighted by Gasteiger charge is -2.34. The van der Waals surface area contributed by atoms with Gasteiger partial charge in [-0.05, 0) is 39.3 Å². The Morgan fingerprint density at radius 1 is 1.29 bits per heavy atom. The lowest BCUT2D eigenvalue weighted by Crippen LogP contribution is -2.57. The zero-order valence-corrected chi connectivity index (χ0v) is 18.8. The minimum atomic E-state index is -3.78. The average molecular weight is 476 g/mol. The van der Waals surface area contributed by atoms with Crippen LogP contribution >= 0.6 is 15.9 Å². The number of ether oxygens (including phenoxy) is 3. The monoisotopic (exact) mass is 475 g/mol. The van der Waals surface area contributed by atoms with Crippen LogP contribution in [0.25, 0.3) is 0 Å². The first kappa shape index (κ1) is 21.7. The van der Waals surface area contributed by atoms with Crippen LogP contribution < -0.4 is 4.72 Å². The lowest BCUT2D eigenvalue weighted by molar-refractivity contribution is -0.166. The fraction of sp³-hybridized carbons (Fsp3) is 0.632. The number of rotatable bonds is 6. The van der Waals surface area contributed by atoms with E-state index >= 15 is 0 Å². The number of aryl methyl sites for hydroxylation is 1. The number of benzene rings is 1. The molecule has 1 aromatic carbocycles. The van der Waals surface area contributed by atoms with Gasteiger partial charge in [-0.2, -0.15) is 0 Å². The number of alkyl halides is 1. The molecule has 156 valence electrons. The Morgan fingerprint density at radius 2 is 1.93 bits per heavy atom. The molecule has 1 saturated heterocycles. The summed E-state index contributed by atoms with van der Waals surface area (Å²) in [7, 11) is -3.78. The molecule has 0 spiro atoms. The van der Waals surface area contributed by atoms with Crippen LogP contribution in [0.5, 0.6) is 0 Å². The molecule has 0 aromatic heterocycles. The van der Waals surface area contributed by atoms with Crippen LogP contribution in [0.1, 0.15) is 32.8 Å². The Hall–Kier alpha value is -1.00. The maximum atomic E-state index is 13.1. The third kappa shape index (κ3) is 4.28. The van der Waals surface area contributed by atoms with Gasteiger partial charge in [0.2, 0.25) is 10.0 Å². The molecule has 1 heterocycles. The second kappa shape index (κ2) is 7.68.